The lowest BCUT2D eigenvalue weighted by atomic mass is 10.1. The van der Waals surface area contributed by atoms with Crippen LogP contribution in [-0.2, 0) is 28.3 Å². The van der Waals surface area contributed by atoms with Gasteiger partial charge in [0.1, 0.15) is 0 Å². The number of piperazine rings is 3. The zero-order chi connectivity index (χ0) is 37.2. The van der Waals surface area contributed by atoms with Gasteiger partial charge in [0.25, 0.3) is 17.7 Å². The van der Waals surface area contributed by atoms with Crippen LogP contribution in [0.25, 0.3) is 0 Å². The van der Waals surface area contributed by atoms with E-state index in [1.54, 1.807) is 41.5 Å². The molecule has 0 N–H and O–H groups in total. The van der Waals surface area contributed by atoms with Gasteiger partial charge in [0, 0.05) is 58.9 Å². The summed E-state index contributed by atoms with van der Waals surface area (Å²) in [5, 5.41) is 0. The highest BCUT2D eigenvalue weighted by Crippen LogP contribution is 2.36. The minimum absolute atomic E-state index is 0.0338. The third-order valence-electron chi connectivity index (χ3n) is 7.67. The van der Waals surface area contributed by atoms with Crippen molar-refractivity contribution in [2.45, 2.75) is 79.1 Å². The van der Waals surface area contributed by atoms with Gasteiger partial charge in [0.05, 0.1) is 0 Å². The van der Waals surface area contributed by atoms with Crippen LogP contribution in [0.5, 0.6) is 0 Å². The van der Waals surface area contributed by atoms with Gasteiger partial charge in [-0.1, -0.05) is 41.5 Å². The molecule has 0 aromatic carbocycles. The van der Waals surface area contributed by atoms with Gasteiger partial charge < -0.3 is 28.7 Å². The Bertz CT molecular complexity index is 1040. The predicted molar refractivity (Wildman–Crippen MR) is 153 cm³/mol. The third-order valence-corrected chi connectivity index (χ3v) is 7.67. The van der Waals surface area contributed by atoms with Crippen molar-refractivity contribution < 1.29 is 67.9 Å². The topological polar surface area (TPSA) is 98.3 Å². The van der Waals surface area contributed by atoms with Crippen molar-refractivity contribution in [3.63, 3.8) is 0 Å². The lowest BCUT2D eigenvalue weighted by molar-refractivity contribution is -0.375. The van der Waals surface area contributed by atoms with Gasteiger partial charge in [-0.15, -0.1) is 0 Å². The average molecular weight is 728 g/mol. The average Bonchev–Trinajstić information content (AvgIpc) is 2.94. The molecule has 3 rings (SSSR count). The quantitative estimate of drug-likeness (QED) is 0.143. The molecule has 0 aromatic heterocycles. The van der Waals surface area contributed by atoms with Crippen LogP contribution >= 0.6 is 0 Å². The van der Waals surface area contributed by atoms with E-state index in [1.807, 2.05) is 0 Å². The summed E-state index contributed by atoms with van der Waals surface area (Å²) in [6, 6.07) is 0. The third kappa shape index (κ3) is 9.90. The minimum Gasteiger partial charge on any atom is -0.337 e. The Morgan fingerprint density at radius 3 is 0.959 bits per heavy atom. The van der Waals surface area contributed by atoms with Crippen molar-refractivity contribution in [1.82, 2.24) is 29.4 Å². The van der Waals surface area contributed by atoms with Crippen LogP contribution in [0.3, 0.4) is 0 Å². The molecule has 3 aliphatic heterocycles. The first-order chi connectivity index (χ1) is 22.5. The zero-order valence-corrected chi connectivity index (χ0v) is 27.9. The van der Waals surface area contributed by atoms with Crippen LogP contribution in [0.2, 0.25) is 0 Å². The van der Waals surface area contributed by atoms with E-state index in [1.165, 1.54) is 0 Å². The number of nitrogens with zero attached hydrogens (tertiary/aromatic N) is 6. The molecule has 0 bridgehead atoms. The Labute approximate surface area is 278 Å². The second-order valence-corrected chi connectivity index (χ2v) is 13.2. The first-order valence-corrected chi connectivity index (χ1v) is 15.7. The van der Waals surface area contributed by atoms with Gasteiger partial charge in [-0.2, -0.15) is 41.0 Å². The molecule has 3 aliphatic rings. The Hall–Kier alpha value is -2.40. The number of halogens is 9. The number of rotatable bonds is 15. The van der Waals surface area contributed by atoms with Crippen molar-refractivity contribution in [1.29, 1.82) is 0 Å². The van der Waals surface area contributed by atoms with Crippen molar-refractivity contribution >= 4 is 25.0 Å². The van der Waals surface area contributed by atoms with Crippen molar-refractivity contribution in [2.24, 2.45) is 17.8 Å². The van der Waals surface area contributed by atoms with Gasteiger partial charge in [-0.25, -0.2) is 13.2 Å². The lowest BCUT2D eigenvalue weighted by Crippen LogP contribution is -2.66. The second-order valence-electron chi connectivity index (χ2n) is 13.2. The summed E-state index contributed by atoms with van der Waals surface area (Å²) in [6.07, 6.45) is -25.0. The number of carbonyl (C=O) groups is 3. The molecular formula is C27H42BF9N6O6. The SMILES string of the molecule is CC(C)CN1CCN(C(F)(F)OB(OC(F)(F)N2CCN(CC(C)C)C(=O)C2F)OC(F)(F)N2CCN(CC(C)C)C(=O)C2F)C(F)C1=O. The highest BCUT2D eigenvalue weighted by Gasteiger charge is 2.61. The first kappa shape index (κ1) is 41.0. The first-order valence-electron chi connectivity index (χ1n) is 15.7. The molecule has 0 aromatic rings. The fourth-order valence-electron chi connectivity index (χ4n) is 5.48. The molecule has 3 unspecified atom stereocenters. The van der Waals surface area contributed by atoms with E-state index in [0.29, 0.717) is 0 Å². The van der Waals surface area contributed by atoms with E-state index < -0.39 is 117 Å². The highest BCUT2D eigenvalue weighted by atomic mass is 19.3. The maximum Gasteiger partial charge on any atom is 0.655 e. The second kappa shape index (κ2) is 15.9. The summed E-state index contributed by atoms with van der Waals surface area (Å²) in [4.78, 5) is 38.3. The summed E-state index contributed by atoms with van der Waals surface area (Å²) < 4.78 is 149. The molecule has 0 aliphatic carbocycles. The van der Waals surface area contributed by atoms with Gasteiger partial charge in [-0.3, -0.25) is 14.4 Å². The van der Waals surface area contributed by atoms with E-state index in [0.717, 1.165) is 14.7 Å². The van der Waals surface area contributed by atoms with E-state index >= 15 is 26.3 Å². The standard InChI is InChI=1S/C27H42BF9N6O6/c1-16(2)13-38-7-10-41(19(29)22(38)44)25(32,33)47-28(48-26(34,35)42-11-8-39(14-17(3)4)23(45)20(42)30)49-27(36,37)43-12-9-40(15-18(5)6)24(46)21(43)31/h16-21H,7-15H2,1-6H3. The van der Waals surface area contributed by atoms with E-state index in [-0.39, 0.29) is 37.4 Å². The fraction of sp³-hybridized carbons (Fsp3) is 0.889. The van der Waals surface area contributed by atoms with Gasteiger partial charge in [0.2, 0.25) is 18.9 Å². The minimum atomic E-state index is -5.18. The van der Waals surface area contributed by atoms with Crippen molar-refractivity contribution in [2.75, 3.05) is 58.9 Å². The van der Waals surface area contributed by atoms with E-state index in [2.05, 4.69) is 14.0 Å². The molecule has 282 valence electrons. The molecule has 3 heterocycles. The van der Waals surface area contributed by atoms with Crippen molar-refractivity contribution in [3.8, 4) is 0 Å². The molecule has 0 saturated carbocycles. The fourth-order valence-corrected chi connectivity index (χ4v) is 5.48. The number of carbonyl (C=O) groups excluding carboxylic acids is 3. The number of alkyl halides is 9. The number of amides is 3. The summed E-state index contributed by atoms with van der Waals surface area (Å²) in [5.41, 5.74) is 0. The molecule has 3 atom stereocenters. The maximum atomic E-state index is 15.4. The Kier molecular flexibility index (Phi) is 13.3. The molecule has 3 amide bonds. The molecule has 12 nitrogen and oxygen atoms in total. The summed E-state index contributed by atoms with van der Waals surface area (Å²) in [6.45, 7) is 5.37. The van der Waals surface area contributed by atoms with E-state index in [9.17, 15) is 27.6 Å². The molecule has 22 heteroatoms. The molecule has 49 heavy (non-hydrogen) atoms. The molecule has 0 radical (unpaired) electrons. The largest absolute Gasteiger partial charge is 0.655 e. The zero-order valence-electron chi connectivity index (χ0n) is 27.9. The van der Waals surface area contributed by atoms with Crippen LogP contribution in [0, 0.1) is 17.8 Å². The van der Waals surface area contributed by atoms with Crippen LogP contribution in [0.1, 0.15) is 41.5 Å². The Balaban J connectivity index is 1.89. The summed E-state index contributed by atoms with van der Waals surface area (Å²) >= 11 is 0. The van der Waals surface area contributed by atoms with Crippen LogP contribution in [0.4, 0.5) is 39.5 Å². The van der Waals surface area contributed by atoms with Crippen LogP contribution in [0.15, 0.2) is 0 Å². The Morgan fingerprint density at radius 2 is 0.755 bits per heavy atom. The normalized spacial score (nSPS) is 24.7. The molecule has 3 fully saturated rings. The smallest absolute Gasteiger partial charge is 0.337 e. The lowest BCUT2D eigenvalue weighted by Gasteiger charge is -2.43. The Morgan fingerprint density at radius 1 is 0.531 bits per heavy atom. The summed E-state index contributed by atoms with van der Waals surface area (Å²) in [5.74, 6) is -5.00. The number of hydrogen-bond acceptors (Lipinski definition) is 9. The van der Waals surface area contributed by atoms with Gasteiger partial charge >= 0.3 is 26.0 Å². The predicted octanol–water partition coefficient (Wildman–Crippen LogP) is 2.96. The van der Waals surface area contributed by atoms with Crippen LogP contribution in [-0.4, -0.2) is 151 Å². The number of hydrogen-bond donors (Lipinski definition) is 0. The van der Waals surface area contributed by atoms with Crippen molar-refractivity contribution in [3.05, 3.63) is 0 Å². The van der Waals surface area contributed by atoms with Gasteiger partial charge in [-0.05, 0) is 17.8 Å². The van der Waals surface area contributed by atoms with Crippen LogP contribution < -0.4 is 0 Å². The maximum absolute atomic E-state index is 15.4. The van der Waals surface area contributed by atoms with E-state index in [4.69, 9.17) is 0 Å². The van der Waals surface area contributed by atoms with Gasteiger partial charge in [0.15, 0.2) is 0 Å². The molecular weight excluding hydrogens is 686 g/mol. The summed E-state index contributed by atoms with van der Waals surface area (Å²) in [7, 11) is -3.94. The molecule has 0 spiro atoms. The molecule has 3 saturated heterocycles. The highest BCUT2D eigenvalue weighted by molar-refractivity contribution is 6.36. The monoisotopic (exact) mass is 728 g/mol.